The van der Waals surface area contributed by atoms with Crippen LogP contribution in [0.3, 0.4) is 0 Å². The zero-order valence-corrected chi connectivity index (χ0v) is 31.0. The molecule has 1 aromatic heterocycles. The topological polar surface area (TPSA) is 163 Å². The minimum Gasteiger partial charge on any atom is -0.453 e. The van der Waals surface area contributed by atoms with Gasteiger partial charge in [0.2, 0.25) is 5.91 Å². The molecule has 6 rings (SSSR count). The number of hydrogen-bond acceptors (Lipinski definition) is 9. The second-order valence-corrected chi connectivity index (χ2v) is 16.2. The van der Waals surface area contributed by atoms with Crippen LogP contribution in [0.1, 0.15) is 48.1 Å². The lowest BCUT2D eigenvalue weighted by Crippen LogP contribution is -2.53. The fourth-order valence-corrected chi connectivity index (χ4v) is 7.84. The van der Waals surface area contributed by atoms with Crippen LogP contribution < -0.4 is 10.6 Å². The summed E-state index contributed by atoms with van der Waals surface area (Å²) in [5.41, 5.74) is 5.92. The zero-order chi connectivity index (χ0) is 37.5. The first-order valence-corrected chi connectivity index (χ1v) is 19.6. The molecule has 0 bridgehead atoms. The van der Waals surface area contributed by atoms with E-state index in [1.165, 1.54) is 7.11 Å². The van der Waals surface area contributed by atoms with E-state index in [4.69, 9.17) is 9.47 Å². The fourth-order valence-electron chi connectivity index (χ4n) is 6.56. The number of nitrogens with one attached hydrogen (secondary N) is 3. The molecule has 3 N–H and O–H groups in total. The normalized spacial score (nSPS) is 18.0. The smallest absolute Gasteiger partial charge is 0.407 e. The van der Waals surface area contributed by atoms with Gasteiger partial charge in [-0.2, -0.15) is 0 Å². The first kappa shape index (κ1) is 37.7. The molecule has 53 heavy (non-hydrogen) atoms. The highest BCUT2D eigenvalue weighted by Crippen LogP contribution is 2.29. The van der Waals surface area contributed by atoms with Crippen LogP contribution >= 0.6 is 0 Å². The van der Waals surface area contributed by atoms with Crippen molar-refractivity contribution < 1.29 is 32.3 Å². The van der Waals surface area contributed by atoms with Crippen molar-refractivity contribution in [1.82, 2.24) is 25.1 Å². The van der Waals surface area contributed by atoms with Gasteiger partial charge in [0.15, 0.2) is 9.84 Å². The molecule has 280 valence electrons. The quantitative estimate of drug-likeness (QED) is 0.194. The Kier molecular flexibility index (Phi) is 11.9. The Bertz CT molecular complexity index is 1980. The average Bonchev–Trinajstić information content (AvgIpc) is 3.66. The standard InChI is InChI=1S/C39H46N6O7S/c1-26(2)22-33(43-39(48)51-3)38(47)45-16-19-52-25-35(45)36-40-23-34(42-36)30-10-6-28(7-11-30)29-8-12-31(13-9-29)37(46)41-32-14-4-27(5-15-32)24-44-17-20-53(49,50)21-18-44/h4-15,23,26,33,35H,16-22,24-25H2,1-3H3,(H,40,42)(H,41,46)(H,43,48). The molecule has 0 saturated carbocycles. The highest BCUT2D eigenvalue weighted by atomic mass is 32.2. The first-order chi connectivity index (χ1) is 25.5. The summed E-state index contributed by atoms with van der Waals surface area (Å²) in [5.74, 6) is 0.743. The van der Waals surface area contributed by atoms with Gasteiger partial charge in [-0.1, -0.05) is 62.4 Å². The van der Waals surface area contributed by atoms with Crippen molar-refractivity contribution in [1.29, 1.82) is 0 Å². The van der Waals surface area contributed by atoms with E-state index in [-0.39, 0.29) is 35.8 Å². The Labute approximate surface area is 310 Å². The lowest BCUT2D eigenvalue weighted by Gasteiger charge is -2.37. The molecule has 2 atom stereocenters. The summed E-state index contributed by atoms with van der Waals surface area (Å²) in [6.07, 6.45) is 1.56. The van der Waals surface area contributed by atoms with E-state index in [1.54, 1.807) is 23.2 Å². The van der Waals surface area contributed by atoms with Gasteiger partial charge in [-0.25, -0.2) is 18.2 Å². The number of H-pyrrole nitrogens is 1. The third kappa shape index (κ3) is 9.69. The molecule has 0 spiro atoms. The number of ether oxygens (including phenoxy) is 2. The van der Waals surface area contributed by atoms with Gasteiger partial charge in [0, 0.05) is 37.4 Å². The van der Waals surface area contributed by atoms with Crippen LogP contribution in [0.15, 0.2) is 79.0 Å². The predicted molar refractivity (Wildman–Crippen MR) is 202 cm³/mol. The van der Waals surface area contributed by atoms with Gasteiger partial charge in [-0.3, -0.25) is 14.5 Å². The maximum absolute atomic E-state index is 13.7. The Balaban J connectivity index is 1.06. The minimum atomic E-state index is -2.91. The third-order valence-corrected chi connectivity index (χ3v) is 11.1. The number of amides is 3. The lowest BCUT2D eigenvalue weighted by atomic mass is 10.0. The number of aromatic nitrogens is 2. The van der Waals surface area contributed by atoms with Crippen molar-refractivity contribution >= 4 is 33.4 Å². The van der Waals surface area contributed by atoms with Crippen LogP contribution in [0, 0.1) is 5.92 Å². The van der Waals surface area contributed by atoms with Crippen LogP contribution in [0.4, 0.5) is 10.5 Å². The van der Waals surface area contributed by atoms with Gasteiger partial charge in [0.05, 0.1) is 43.7 Å². The Morgan fingerprint density at radius 2 is 1.57 bits per heavy atom. The van der Waals surface area contributed by atoms with Crippen LogP contribution in [0.5, 0.6) is 0 Å². The van der Waals surface area contributed by atoms with Crippen molar-refractivity contribution in [3.05, 3.63) is 95.9 Å². The Hall–Kier alpha value is -5.05. The van der Waals surface area contributed by atoms with Crippen LogP contribution in [0.2, 0.25) is 0 Å². The molecule has 14 heteroatoms. The number of alkyl carbamates (subject to hydrolysis) is 1. The van der Waals surface area contributed by atoms with E-state index in [1.807, 2.05) is 74.5 Å². The molecule has 0 radical (unpaired) electrons. The van der Waals surface area contributed by atoms with Crippen molar-refractivity contribution in [3.63, 3.8) is 0 Å². The highest BCUT2D eigenvalue weighted by molar-refractivity contribution is 7.91. The SMILES string of the molecule is COC(=O)NC(CC(C)C)C(=O)N1CCOCC1c1ncc(-c2ccc(-c3ccc(C(=O)Nc4ccc(CN5CCS(=O)(=O)CC5)cc4)cc3)cc2)[nH]1. The second-order valence-electron chi connectivity index (χ2n) is 13.9. The van der Waals surface area contributed by atoms with Gasteiger partial charge >= 0.3 is 6.09 Å². The molecular weight excluding hydrogens is 697 g/mol. The monoisotopic (exact) mass is 742 g/mol. The summed E-state index contributed by atoms with van der Waals surface area (Å²) in [6.45, 7) is 6.77. The van der Waals surface area contributed by atoms with Crippen molar-refractivity contribution in [3.8, 4) is 22.4 Å². The number of anilines is 1. The van der Waals surface area contributed by atoms with E-state index >= 15 is 0 Å². The highest BCUT2D eigenvalue weighted by Gasteiger charge is 2.35. The summed E-state index contributed by atoms with van der Waals surface area (Å²) in [6, 6.07) is 21.9. The number of carbonyl (C=O) groups excluding carboxylic acids is 3. The van der Waals surface area contributed by atoms with Gasteiger partial charge < -0.3 is 30.0 Å². The number of morpholine rings is 1. The number of sulfone groups is 1. The molecule has 2 aliphatic heterocycles. The van der Waals surface area contributed by atoms with Crippen molar-refractivity contribution in [2.45, 2.75) is 38.9 Å². The number of aromatic amines is 1. The van der Waals surface area contributed by atoms with Crippen molar-refractivity contribution in [2.24, 2.45) is 5.92 Å². The summed E-state index contributed by atoms with van der Waals surface area (Å²) in [5, 5.41) is 5.64. The molecule has 13 nitrogen and oxygen atoms in total. The number of rotatable bonds is 11. The molecular formula is C39H46N6O7S. The van der Waals surface area contributed by atoms with E-state index in [0.717, 1.165) is 27.9 Å². The molecule has 4 aromatic rings. The van der Waals surface area contributed by atoms with Gasteiger partial charge in [0.25, 0.3) is 5.91 Å². The maximum Gasteiger partial charge on any atom is 0.407 e. The predicted octanol–water partition coefficient (Wildman–Crippen LogP) is 4.90. The number of hydrogen-bond donors (Lipinski definition) is 3. The summed E-state index contributed by atoms with van der Waals surface area (Å²) in [7, 11) is -1.64. The second kappa shape index (κ2) is 16.7. The van der Waals surface area contributed by atoms with Gasteiger partial charge in [0.1, 0.15) is 17.9 Å². The first-order valence-electron chi connectivity index (χ1n) is 17.8. The summed E-state index contributed by atoms with van der Waals surface area (Å²) in [4.78, 5) is 50.5. The molecule has 2 saturated heterocycles. The van der Waals surface area contributed by atoms with E-state index in [0.29, 0.717) is 56.3 Å². The van der Waals surface area contributed by atoms with Crippen molar-refractivity contribution in [2.75, 3.05) is 56.8 Å². The molecule has 2 fully saturated rings. The maximum atomic E-state index is 13.7. The largest absolute Gasteiger partial charge is 0.453 e. The molecule has 0 aliphatic carbocycles. The minimum absolute atomic E-state index is 0.176. The van der Waals surface area contributed by atoms with Crippen LogP contribution in [0.25, 0.3) is 22.4 Å². The number of benzene rings is 3. The fraction of sp³-hybridized carbons (Fsp3) is 0.385. The Morgan fingerprint density at radius 3 is 2.21 bits per heavy atom. The van der Waals surface area contributed by atoms with Gasteiger partial charge in [-0.05, 0) is 58.9 Å². The molecule has 3 aromatic carbocycles. The van der Waals surface area contributed by atoms with Crippen LogP contribution in [-0.2, 0) is 30.7 Å². The number of imidazole rings is 1. The molecule has 2 aliphatic rings. The van der Waals surface area contributed by atoms with Crippen LogP contribution in [-0.4, -0.2) is 104 Å². The van der Waals surface area contributed by atoms with E-state index in [9.17, 15) is 22.8 Å². The van der Waals surface area contributed by atoms with E-state index < -0.39 is 28.0 Å². The van der Waals surface area contributed by atoms with E-state index in [2.05, 4.69) is 25.5 Å². The molecule has 3 heterocycles. The summed E-state index contributed by atoms with van der Waals surface area (Å²) >= 11 is 0. The summed E-state index contributed by atoms with van der Waals surface area (Å²) < 4.78 is 33.9. The molecule has 3 amide bonds. The Morgan fingerprint density at radius 1 is 0.925 bits per heavy atom. The molecule has 2 unspecified atom stereocenters. The van der Waals surface area contributed by atoms with Gasteiger partial charge in [-0.15, -0.1) is 0 Å². The third-order valence-electron chi connectivity index (χ3n) is 9.54. The zero-order valence-electron chi connectivity index (χ0n) is 30.2. The average molecular weight is 743 g/mol. The number of methoxy groups -OCH3 is 1. The number of carbonyl (C=O) groups is 3. The number of nitrogens with zero attached hydrogens (tertiary/aromatic N) is 3. The lowest BCUT2D eigenvalue weighted by molar-refractivity contribution is -0.143.